The third-order valence-corrected chi connectivity index (χ3v) is 0.538. The van der Waals surface area contributed by atoms with Crippen LogP contribution >= 0.6 is 12.3 Å². The highest BCUT2D eigenvalue weighted by Gasteiger charge is 1.89. The van der Waals surface area contributed by atoms with Crippen molar-refractivity contribution in [3.8, 4) is 0 Å². The van der Waals surface area contributed by atoms with E-state index in [1.54, 1.807) is 0 Å². The Balaban J connectivity index is -0.000000155. The van der Waals surface area contributed by atoms with E-state index in [0.717, 1.165) is 0 Å². The van der Waals surface area contributed by atoms with Gasteiger partial charge in [0.1, 0.15) is 12.4 Å². The number of hydrogen-bond acceptors (Lipinski definition) is 6. The Bertz CT molecular complexity index is 174. The van der Waals surface area contributed by atoms with E-state index in [1.807, 2.05) is 0 Å². The van der Waals surface area contributed by atoms with E-state index < -0.39 is 11.4 Å². The molecule has 0 spiro atoms. The summed E-state index contributed by atoms with van der Waals surface area (Å²) in [5, 5.41) is 0. The molecule has 92 valence electrons. The van der Waals surface area contributed by atoms with Crippen LogP contribution in [0.3, 0.4) is 0 Å². The highest BCUT2D eigenvalue weighted by molar-refractivity contribution is 7.88. The van der Waals surface area contributed by atoms with Crippen molar-refractivity contribution >= 4 is 35.3 Å². The van der Waals surface area contributed by atoms with Crippen LogP contribution in [-0.4, -0.2) is 36.0 Å². The van der Waals surface area contributed by atoms with Gasteiger partial charge in [-0.05, 0) is 20.8 Å². The minimum atomic E-state index is -2.61. The summed E-state index contributed by atoms with van der Waals surface area (Å²) in [7, 11) is 0. The molecule has 0 rings (SSSR count). The number of Topliss-reactive ketones (excluding diaryl/α,β-unsaturated/α-hetero) is 2. The Morgan fingerprint density at radius 1 is 1.27 bits per heavy atom. The molecule has 0 saturated heterocycles. The van der Waals surface area contributed by atoms with E-state index in [9.17, 15) is 9.59 Å². The fraction of sp³-hybridized carbons (Fsp3) is 0.667. The summed E-state index contributed by atoms with van der Waals surface area (Å²) in [5.74, 6) is 0.0709. The molecule has 0 saturated carbocycles. The average molecular weight is 262 g/mol. The Labute approximate surface area is 94.7 Å². The van der Waals surface area contributed by atoms with Crippen LogP contribution in [0.1, 0.15) is 20.8 Å². The number of carbonyl (C=O) groups is 2. The smallest absolute Gasteiger partial charge is 0.299 e. The first-order chi connectivity index (χ1) is 6.73. The molecule has 0 aliphatic carbocycles. The standard InChI is InChI=1S/C3H6O3S.C3H6O.H2O3S/c1-3(4)2-6-7-5;1-3(2)4;1-4(2)3/h5H,2H2,1H3;1-2H3;(H2,1,2,3). The van der Waals surface area contributed by atoms with Gasteiger partial charge in [0.15, 0.2) is 18.1 Å². The molecule has 0 aromatic carbocycles. The third-order valence-electron chi connectivity index (χ3n) is 0.315. The van der Waals surface area contributed by atoms with Gasteiger partial charge in [-0.3, -0.25) is 18.1 Å². The van der Waals surface area contributed by atoms with Gasteiger partial charge in [-0.15, -0.1) is 0 Å². The second-order valence-corrected chi connectivity index (χ2v) is 3.02. The van der Waals surface area contributed by atoms with Gasteiger partial charge < -0.3 is 9.35 Å². The van der Waals surface area contributed by atoms with Crippen LogP contribution in [0.25, 0.3) is 0 Å². The van der Waals surface area contributed by atoms with Crippen LogP contribution in [0.2, 0.25) is 0 Å². The van der Waals surface area contributed by atoms with Crippen molar-refractivity contribution in [2.24, 2.45) is 0 Å². The molecule has 0 fully saturated rings. The first kappa shape index (κ1) is 20.1. The Hall–Kier alpha value is -0.320. The van der Waals surface area contributed by atoms with Crippen LogP contribution in [0.5, 0.6) is 0 Å². The van der Waals surface area contributed by atoms with E-state index in [1.165, 1.54) is 20.8 Å². The Morgan fingerprint density at radius 3 is 1.60 bits per heavy atom. The van der Waals surface area contributed by atoms with E-state index >= 15 is 0 Å². The highest BCUT2D eigenvalue weighted by Crippen LogP contribution is 1.91. The van der Waals surface area contributed by atoms with Crippen molar-refractivity contribution in [1.82, 2.24) is 0 Å². The van der Waals surface area contributed by atoms with Crippen LogP contribution in [0.15, 0.2) is 0 Å². The van der Waals surface area contributed by atoms with Crippen LogP contribution in [-0.2, 0) is 25.1 Å². The predicted octanol–water partition coefficient (Wildman–Crippen LogP) is 0.990. The second kappa shape index (κ2) is 16.1. The van der Waals surface area contributed by atoms with Gasteiger partial charge in [-0.1, -0.05) is 0 Å². The average Bonchev–Trinajstić information content (AvgIpc) is 1.98. The maximum Gasteiger partial charge on any atom is 0.299 e. The lowest BCUT2D eigenvalue weighted by Crippen LogP contribution is -1.97. The van der Waals surface area contributed by atoms with Crippen molar-refractivity contribution in [3.63, 3.8) is 0 Å². The van der Waals surface area contributed by atoms with Gasteiger partial charge >= 0.3 is 0 Å². The topological polar surface area (TPSA) is 121 Å². The number of ketones is 2. The zero-order valence-electron chi connectivity index (χ0n) is 8.50. The normalized spacial score (nSPS) is 8.20. The molecular formula is C6H14O7S2. The first-order valence-electron chi connectivity index (χ1n) is 3.43. The maximum atomic E-state index is 9.95. The quantitative estimate of drug-likeness (QED) is 0.508. The van der Waals surface area contributed by atoms with Gasteiger partial charge in [-0.25, -0.2) is 0 Å². The molecule has 0 aromatic rings. The van der Waals surface area contributed by atoms with Gasteiger partial charge in [0, 0.05) is 0 Å². The molecular weight excluding hydrogens is 248 g/mol. The van der Waals surface area contributed by atoms with Gasteiger partial charge in [-0.2, -0.15) is 4.21 Å². The summed E-state index contributed by atoms with van der Waals surface area (Å²) in [5.41, 5.74) is 0. The summed E-state index contributed by atoms with van der Waals surface area (Å²) in [6.45, 7) is 4.41. The number of carbonyl (C=O) groups excluding carboxylic acids is 2. The number of hydrogen-bond donors (Lipinski definition) is 3. The van der Waals surface area contributed by atoms with Gasteiger partial charge in [0.2, 0.25) is 0 Å². The Morgan fingerprint density at radius 2 is 1.53 bits per heavy atom. The van der Waals surface area contributed by atoms with Crippen molar-refractivity contribution in [2.75, 3.05) is 6.61 Å². The molecule has 0 aromatic heterocycles. The van der Waals surface area contributed by atoms with Crippen LogP contribution in [0, 0.1) is 0 Å². The lowest BCUT2D eigenvalue weighted by atomic mass is 10.5. The van der Waals surface area contributed by atoms with Crippen molar-refractivity contribution in [3.05, 3.63) is 0 Å². The lowest BCUT2D eigenvalue weighted by Gasteiger charge is -1.87. The fourth-order valence-electron chi connectivity index (χ4n) is 0.109. The Kier molecular flexibility index (Phi) is 21.6. The molecule has 0 radical (unpaired) electrons. The van der Waals surface area contributed by atoms with Crippen molar-refractivity contribution in [1.29, 1.82) is 0 Å². The monoisotopic (exact) mass is 262 g/mol. The van der Waals surface area contributed by atoms with Crippen molar-refractivity contribution < 1.29 is 31.6 Å². The zero-order valence-corrected chi connectivity index (χ0v) is 10.1. The fourth-order valence-corrected chi connectivity index (χ4v) is 0.328. The zero-order chi connectivity index (χ0) is 12.9. The number of rotatable bonds is 3. The highest BCUT2D eigenvalue weighted by atomic mass is 32.2. The van der Waals surface area contributed by atoms with E-state index in [0.29, 0.717) is 0 Å². The molecule has 9 heteroatoms. The summed E-state index contributed by atoms with van der Waals surface area (Å²) in [6.07, 6.45) is 0. The second-order valence-electron chi connectivity index (χ2n) is 2.18. The molecule has 3 N–H and O–H groups in total. The molecule has 15 heavy (non-hydrogen) atoms. The van der Waals surface area contributed by atoms with Gasteiger partial charge in [0.25, 0.3) is 11.4 Å². The largest absolute Gasteiger partial charge is 0.307 e. The summed E-state index contributed by atoms with van der Waals surface area (Å²) < 4.78 is 34.9. The molecule has 0 aliphatic heterocycles. The summed E-state index contributed by atoms with van der Waals surface area (Å²) in [4.78, 5) is 19.4. The maximum absolute atomic E-state index is 9.95. The molecule has 0 aliphatic rings. The van der Waals surface area contributed by atoms with Crippen molar-refractivity contribution in [2.45, 2.75) is 20.8 Å². The van der Waals surface area contributed by atoms with Gasteiger partial charge in [0.05, 0.1) is 0 Å². The molecule has 0 atom stereocenters. The van der Waals surface area contributed by atoms with E-state index in [4.69, 9.17) is 17.9 Å². The third kappa shape index (κ3) is 138. The van der Waals surface area contributed by atoms with Crippen LogP contribution in [0.4, 0.5) is 0 Å². The summed E-state index contributed by atoms with van der Waals surface area (Å²) >= 11 is -2.40. The molecule has 0 bridgehead atoms. The minimum Gasteiger partial charge on any atom is -0.307 e. The summed E-state index contributed by atoms with van der Waals surface area (Å²) in [6, 6.07) is 0. The van der Waals surface area contributed by atoms with Crippen LogP contribution < -0.4 is 0 Å². The van der Waals surface area contributed by atoms with E-state index in [-0.39, 0.29) is 30.5 Å². The lowest BCUT2D eigenvalue weighted by molar-refractivity contribution is -0.118. The minimum absolute atomic E-state index is 0.0266. The molecule has 0 unspecified atom stereocenters. The molecule has 0 amide bonds. The molecule has 0 heterocycles. The predicted molar refractivity (Wildman–Crippen MR) is 56.6 cm³/mol. The van der Waals surface area contributed by atoms with E-state index in [2.05, 4.69) is 4.18 Å². The molecule has 7 nitrogen and oxygen atoms in total. The SMILES string of the molecule is CC(=O)COSO.CC(C)=O.O=S(O)O. The first-order valence-corrected chi connectivity index (χ1v) is 5.19.